The molecule has 0 bridgehead atoms. The molecule has 0 aliphatic carbocycles. The van der Waals surface area contributed by atoms with Gasteiger partial charge in [-0.1, -0.05) is 18.2 Å². The van der Waals surface area contributed by atoms with Gasteiger partial charge < -0.3 is 15.4 Å². The predicted molar refractivity (Wildman–Crippen MR) is 84.9 cm³/mol. The molecule has 2 N–H and O–H groups in total. The van der Waals surface area contributed by atoms with E-state index in [2.05, 4.69) is 15.6 Å². The van der Waals surface area contributed by atoms with E-state index in [-0.39, 0.29) is 11.8 Å². The fourth-order valence-electron chi connectivity index (χ4n) is 2.50. The minimum Gasteiger partial charge on any atom is -0.492 e. The van der Waals surface area contributed by atoms with Crippen molar-refractivity contribution >= 4 is 11.6 Å². The number of carbonyl (C=O) groups is 1. The number of nitrogens with one attached hydrogen (secondary N) is 2. The third kappa shape index (κ3) is 3.55. The fourth-order valence-corrected chi connectivity index (χ4v) is 2.50. The van der Waals surface area contributed by atoms with Gasteiger partial charge in [-0.25, -0.2) is 0 Å². The van der Waals surface area contributed by atoms with Crippen LogP contribution in [0.2, 0.25) is 0 Å². The Morgan fingerprint density at radius 3 is 3.00 bits per heavy atom. The third-order valence-electron chi connectivity index (χ3n) is 3.66. The first kappa shape index (κ1) is 14.4. The summed E-state index contributed by atoms with van der Waals surface area (Å²) >= 11 is 0. The van der Waals surface area contributed by atoms with Crippen molar-refractivity contribution in [2.75, 3.05) is 25.0 Å². The van der Waals surface area contributed by atoms with Crippen molar-refractivity contribution in [1.82, 2.24) is 10.3 Å². The van der Waals surface area contributed by atoms with Gasteiger partial charge in [0.25, 0.3) is 0 Å². The van der Waals surface area contributed by atoms with Crippen molar-refractivity contribution in [3.8, 4) is 5.75 Å². The van der Waals surface area contributed by atoms with E-state index in [1.807, 2.05) is 36.4 Å². The average molecular weight is 297 g/mol. The summed E-state index contributed by atoms with van der Waals surface area (Å²) in [6.07, 6.45) is 4.22. The van der Waals surface area contributed by atoms with Crippen LogP contribution in [-0.2, 0) is 11.2 Å². The minimum absolute atomic E-state index is 0.0440. The molecule has 1 aliphatic rings. The zero-order valence-electron chi connectivity index (χ0n) is 12.3. The molecule has 5 heteroatoms. The molecule has 22 heavy (non-hydrogen) atoms. The van der Waals surface area contributed by atoms with E-state index in [1.54, 1.807) is 12.4 Å². The fraction of sp³-hybridized carbons (Fsp3) is 0.294. The van der Waals surface area contributed by atoms with Gasteiger partial charge >= 0.3 is 0 Å². The number of ether oxygens (including phenoxy) is 1. The standard InChI is InChI=1S/C17H19N3O2/c21-17(20-9-8-19-15-5-3-7-18-11-15)14-10-13-4-1-2-6-16(13)22-12-14/h1-7,11,14,19H,8-10,12H2,(H,20,21)/t14-/m0/s1. The lowest BCUT2D eigenvalue weighted by Crippen LogP contribution is -2.39. The minimum atomic E-state index is -0.117. The summed E-state index contributed by atoms with van der Waals surface area (Å²) < 4.78 is 5.65. The molecule has 1 aromatic heterocycles. The highest BCUT2D eigenvalue weighted by molar-refractivity contribution is 5.79. The number of nitrogens with zero attached hydrogens (tertiary/aromatic N) is 1. The molecule has 0 unspecified atom stereocenters. The second-order valence-corrected chi connectivity index (χ2v) is 5.28. The maximum atomic E-state index is 12.2. The number of hydrogen-bond donors (Lipinski definition) is 2. The van der Waals surface area contributed by atoms with Crippen molar-refractivity contribution in [1.29, 1.82) is 0 Å². The lowest BCUT2D eigenvalue weighted by atomic mass is 9.96. The highest BCUT2D eigenvalue weighted by atomic mass is 16.5. The number of carbonyl (C=O) groups excluding carboxylic acids is 1. The topological polar surface area (TPSA) is 63.2 Å². The number of para-hydroxylation sites is 1. The van der Waals surface area contributed by atoms with Crippen molar-refractivity contribution in [2.45, 2.75) is 6.42 Å². The zero-order valence-corrected chi connectivity index (χ0v) is 12.3. The highest BCUT2D eigenvalue weighted by Gasteiger charge is 2.25. The number of fused-ring (bicyclic) bond motifs is 1. The van der Waals surface area contributed by atoms with Crippen molar-refractivity contribution in [2.24, 2.45) is 5.92 Å². The van der Waals surface area contributed by atoms with E-state index in [1.165, 1.54) is 0 Å². The van der Waals surface area contributed by atoms with Gasteiger partial charge in [0.1, 0.15) is 12.4 Å². The molecule has 1 amide bonds. The van der Waals surface area contributed by atoms with Gasteiger partial charge in [0.05, 0.1) is 11.6 Å². The average Bonchev–Trinajstić information content (AvgIpc) is 2.59. The number of hydrogen-bond acceptors (Lipinski definition) is 4. The third-order valence-corrected chi connectivity index (χ3v) is 3.66. The van der Waals surface area contributed by atoms with Crippen LogP contribution in [0.5, 0.6) is 5.75 Å². The lowest BCUT2D eigenvalue weighted by molar-refractivity contribution is -0.126. The first-order chi connectivity index (χ1) is 10.8. The predicted octanol–water partition coefficient (Wildman–Crippen LogP) is 1.86. The van der Waals surface area contributed by atoms with Gasteiger partial charge in [-0.3, -0.25) is 9.78 Å². The summed E-state index contributed by atoms with van der Waals surface area (Å²) in [5.41, 5.74) is 2.05. The lowest BCUT2D eigenvalue weighted by Gasteiger charge is -2.24. The summed E-state index contributed by atoms with van der Waals surface area (Å²) in [6, 6.07) is 11.7. The Bertz CT molecular complexity index is 631. The van der Waals surface area contributed by atoms with Gasteiger partial charge in [-0.2, -0.15) is 0 Å². The summed E-state index contributed by atoms with van der Waals surface area (Å²) in [6.45, 7) is 1.69. The van der Waals surface area contributed by atoms with E-state index in [0.29, 0.717) is 19.7 Å². The molecule has 1 aliphatic heterocycles. The summed E-state index contributed by atoms with van der Waals surface area (Å²) in [5.74, 6) is 0.820. The molecule has 0 radical (unpaired) electrons. The second-order valence-electron chi connectivity index (χ2n) is 5.28. The summed E-state index contributed by atoms with van der Waals surface area (Å²) in [4.78, 5) is 16.2. The van der Waals surface area contributed by atoms with Crippen LogP contribution in [0.4, 0.5) is 5.69 Å². The van der Waals surface area contributed by atoms with Gasteiger partial charge in [0, 0.05) is 25.5 Å². The summed E-state index contributed by atoms with van der Waals surface area (Å²) in [7, 11) is 0. The molecule has 2 aromatic rings. The zero-order chi connectivity index (χ0) is 15.2. The maximum absolute atomic E-state index is 12.2. The van der Waals surface area contributed by atoms with Crippen LogP contribution < -0.4 is 15.4 Å². The molecule has 0 saturated carbocycles. The Hall–Kier alpha value is -2.56. The molecular formula is C17H19N3O2. The van der Waals surface area contributed by atoms with Gasteiger partial charge in [0.15, 0.2) is 0 Å². The van der Waals surface area contributed by atoms with Crippen LogP contribution in [0.1, 0.15) is 5.56 Å². The van der Waals surface area contributed by atoms with E-state index < -0.39 is 0 Å². The molecule has 0 saturated heterocycles. The molecule has 114 valence electrons. The second kappa shape index (κ2) is 6.93. The van der Waals surface area contributed by atoms with Crippen LogP contribution >= 0.6 is 0 Å². The Balaban J connectivity index is 1.43. The first-order valence-electron chi connectivity index (χ1n) is 7.45. The van der Waals surface area contributed by atoms with Crippen LogP contribution in [-0.4, -0.2) is 30.6 Å². The van der Waals surface area contributed by atoms with Gasteiger partial charge in [-0.05, 0) is 30.2 Å². The Labute approximate surface area is 129 Å². The quantitative estimate of drug-likeness (QED) is 0.827. The normalized spacial score (nSPS) is 16.3. The molecule has 5 nitrogen and oxygen atoms in total. The van der Waals surface area contributed by atoms with Crippen molar-refractivity contribution in [3.63, 3.8) is 0 Å². The monoisotopic (exact) mass is 297 g/mol. The highest BCUT2D eigenvalue weighted by Crippen LogP contribution is 2.26. The van der Waals surface area contributed by atoms with Crippen molar-refractivity contribution in [3.05, 3.63) is 54.4 Å². The van der Waals surface area contributed by atoms with E-state index in [0.717, 1.165) is 23.4 Å². The molecule has 1 atom stereocenters. The molecule has 2 heterocycles. The Morgan fingerprint density at radius 2 is 2.14 bits per heavy atom. The van der Waals surface area contributed by atoms with Gasteiger partial charge in [-0.15, -0.1) is 0 Å². The van der Waals surface area contributed by atoms with Crippen LogP contribution in [0.15, 0.2) is 48.8 Å². The maximum Gasteiger partial charge on any atom is 0.226 e. The van der Waals surface area contributed by atoms with E-state index in [9.17, 15) is 4.79 Å². The van der Waals surface area contributed by atoms with E-state index >= 15 is 0 Å². The Morgan fingerprint density at radius 1 is 1.23 bits per heavy atom. The molecular weight excluding hydrogens is 278 g/mol. The van der Waals surface area contributed by atoms with Gasteiger partial charge in [0.2, 0.25) is 5.91 Å². The smallest absolute Gasteiger partial charge is 0.226 e. The van der Waals surface area contributed by atoms with E-state index in [4.69, 9.17) is 4.74 Å². The summed E-state index contributed by atoms with van der Waals surface area (Å²) in [5, 5.41) is 6.16. The number of pyridine rings is 1. The molecule has 0 fully saturated rings. The SMILES string of the molecule is O=C(NCCNc1cccnc1)[C@@H]1COc2ccccc2C1. The molecule has 3 rings (SSSR count). The largest absolute Gasteiger partial charge is 0.492 e. The number of rotatable bonds is 5. The molecule has 1 aromatic carbocycles. The van der Waals surface area contributed by atoms with Crippen LogP contribution in [0, 0.1) is 5.92 Å². The number of anilines is 1. The number of benzene rings is 1. The first-order valence-corrected chi connectivity index (χ1v) is 7.45. The van der Waals surface area contributed by atoms with Crippen molar-refractivity contribution < 1.29 is 9.53 Å². The number of amides is 1. The van der Waals surface area contributed by atoms with Crippen LogP contribution in [0.25, 0.3) is 0 Å². The Kier molecular flexibility index (Phi) is 4.53. The molecule has 0 spiro atoms. The number of aromatic nitrogens is 1. The van der Waals surface area contributed by atoms with Crippen LogP contribution in [0.3, 0.4) is 0 Å².